The predicted molar refractivity (Wildman–Crippen MR) is 68.8 cm³/mol. The first-order chi connectivity index (χ1) is 8.84. The van der Waals surface area contributed by atoms with Crippen molar-refractivity contribution in [2.75, 3.05) is 0 Å². The zero-order valence-electron chi connectivity index (χ0n) is 9.78. The van der Waals surface area contributed by atoms with E-state index in [1.165, 1.54) is 5.56 Å². The Morgan fingerprint density at radius 1 is 1.06 bits per heavy atom. The number of rotatable bonds is 2. The van der Waals surface area contributed by atoms with Crippen molar-refractivity contribution in [3.8, 4) is 0 Å². The Morgan fingerprint density at radius 3 is 2.72 bits per heavy atom. The lowest BCUT2D eigenvalue weighted by Crippen LogP contribution is -2.18. The van der Waals surface area contributed by atoms with Gasteiger partial charge in [0.05, 0.1) is 11.6 Å². The fraction of sp³-hybridized carbons (Fsp3) is 0.133. The predicted octanol–water partition coefficient (Wildman–Crippen LogP) is 3.22. The molecule has 1 aliphatic carbocycles. The third-order valence-corrected chi connectivity index (χ3v) is 3.11. The molecule has 1 heterocycles. The highest BCUT2D eigenvalue weighted by atomic mass is 16.2. The molecule has 1 amide bonds. The van der Waals surface area contributed by atoms with Gasteiger partial charge in [0.1, 0.15) is 0 Å². The van der Waals surface area contributed by atoms with Crippen molar-refractivity contribution in [3.05, 3.63) is 71.5 Å². The summed E-state index contributed by atoms with van der Waals surface area (Å²) in [6.07, 6.45) is 8.36. The fourth-order valence-electron chi connectivity index (χ4n) is 2.19. The number of amides is 1. The van der Waals surface area contributed by atoms with Gasteiger partial charge in [-0.2, -0.15) is 5.11 Å². The van der Waals surface area contributed by atoms with Crippen molar-refractivity contribution >= 4 is 5.91 Å². The third kappa shape index (κ3) is 1.95. The average Bonchev–Trinajstić information content (AvgIpc) is 2.44. The maximum Gasteiger partial charge on any atom is 0.275 e. The van der Waals surface area contributed by atoms with E-state index in [9.17, 15) is 4.79 Å². The first-order valence-corrected chi connectivity index (χ1v) is 5.92. The number of benzene rings is 1. The van der Waals surface area contributed by atoms with E-state index >= 15 is 0 Å². The maximum atomic E-state index is 11.6. The van der Waals surface area contributed by atoms with Crippen LogP contribution in [0.15, 0.2) is 76.1 Å². The number of carbonyl (C=O) groups excluding carboxylic acids is 1. The van der Waals surface area contributed by atoms with Gasteiger partial charge in [-0.3, -0.25) is 4.79 Å². The zero-order valence-corrected chi connectivity index (χ0v) is 9.78. The number of carbonyl (C=O) groups is 1. The van der Waals surface area contributed by atoms with Gasteiger partial charge in [0.15, 0.2) is 0 Å². The summed E-state index contributed by atoms with van der Waals surface area (Å²) in [6.45, 7) is 0. The smallest absolute Gasteiger partial charge is 0.270 e. The maximum absolute atomic E-state index is 11.6. The molecule has 88 valence electrons. The van der Waals surface area contributed by atoms with Gasteiger partial charge in [0.25, 0.3) is 5.91 Å². The number of hydrogen-bond acceptors (Lipinski definition) is 2. The molecule has 1 aromatic rings. The largest absolute Gasteiger partial charge is 0.275 e. The molecular formula is C15H12N2O. The Morgan fingerprint density at radius 2 is 1.89 bits per heavy atom. The molecule has 0 spiro atoms. The fourth-order valence-corrected chi connectivity index (χ4v) is 2.19. The van der Waals surface area contributed by atoms with Crippen molar-refractivity contribution in [2.24, 2.45) is 16.1 Å². The van der Waals surface area contributed by atoms with Crippen LogP contribution in [-0.2, 0) is 11.2 Å². The number of azo groups is 1. The quantitative estimate of drug-likeness (QED) is 0.777. The van der Waals surface area contributed by atoms with Crippen molar-refractivity contribution in [3.63, 3.8) is 0 Å². The Bertz CT molecular complexity index is 594. The standard InChI is InChI=1S/C15H12N2O/c18-15-13-9-5-4-8-12(13)14(16-17-15)10-11-6-2-1-3-7-11/h1-9,13H,10H2. The number of allylic oxidation sites excluding steroid dienone is 4. The summed E-state index contributed by atoms with van der Waals surface area (Å²) in [5, 5.41) is 7.79. The van der Waals surface area contributed by atoms with Crippen molar-refractivity contribution in [2.45, 2.75) is 6.42 Å². The summed E-state index contributed by atoms with van der Waals surface area (Å²) >= 11 is 0. The van der Waals surface area contributed by atoms with Crippen LogP contribution in [0, 0.1) is 5.92 Å². The van der Waals surface area contributed by atoms with Gasteiger partial charge in [-0.05, 0) is 11.1 Å². The Hall–Kier alpha value is -2.29. The topological polar surface area (TPSA) is 41.8 Å². The minimum atomic E-state index is -0.244. The molecule has 3 nitrogen and oxygen atoms in total. The summed E-state index contributed by atoms with van der Waals surface area (Å²) in [5.74, 6) is -0.423. The molecule has 0 N–H and O–H groups in total. The SMILES string of the molecule is O=C1N=NC(Cc2ccccc2)=C2C=CC=CC12. The molecule has 1 aromatic carbocycles. The molecule has 0 bridgehead atoms. The molecule has 0 aromatic heterocycles. The molecule has 0 fully saturated rings. The van der Waals surface area contributed by atoms with E-state index in [1.54, 1.807) is 0 Å². The lowest BCUT2D eigenvalue weighted by molar-refractivity contribution is -0.120. The Balaban J connectivity index is 1.96. The molecule has 3 heteroatoms. The van der Waals surface area contributed by atoms with Crippen LogP contribution in [0.5, 0.6) is 0 Å². The molecule has 18 heavy (non-hydrogen) atoms. The van der Waals surface area contributed by atoms with Gasteiger partial charge in [-0.15, -0.1) is 5.11 Å². The van der Waals surface area contributed by atoms with Crippen LogP contribution < -0.4 is 0 Å². The number of fused-ring (bicyclic) bond motifs is 1. The van der Waals surface area contributed by atoms with E-state index in [2.05, 4.69) is 22.4 Å². The number of hydrogen-bond donors (Lipinski definition) is 0. The van der Waals surface area contributed by atoms with Crippen molar-refractivity contribution in [1.82, 2.24) is 0 Å². The second kappa shape index (κ2) is 4.53. The highest BCUT2D eigenvalue weighted by Gasteiger charge is 2.26. The summed E-state index contributed by atoms with van der Waals surface area (Å²) in [6, 6.07) is 10.1. The van der Waals surface area contributed by atoms with E-state index in [-0.39, 0.29) is 11.8 Å². The first kappa shape index (κ1) is 10.8. The van der Waals surface area contributed by atoms with Crippen LogP contribution in [0.3, 0.4) is 0 Å². The summed E-state index contributed by atoms with van der Waals surface area (Å²) in [7, 11) is 0. The third-order valence-electron chi connectivity index (χ3n) is 3.11. The van der Waals surface area contributed by atoms with Crippen LogP contribution in [-0.4, -0.2) is 5.91 Å². The molecule has 0 radical (unpaired) electrons. The van der Waals surface area contributed by atoms with Gasteiger partial charge in [0.2, 0.25) is 0 Å². The average molecular weight is 236 g/mol. The van der Waals surface area contributed by atoms with E-state index in [4.69, 9.17) is 0 Å². The van der Waals surface area contributed by atoms with Crippen LogP contribution in [0.1, 0.15) is 5.56 Å². The monoisotopic (exact) mass is 236 g/mol. The first-order valence-electron chi connectivity index (χ1n) is 5.92. The van der Waals surface area contributed by atoms with Crippen molar-refractivity contribution in [1.29, 1.82) is 0 Å². The molecular weight excluding hydrogens is 224 g/mol. The minimum absolute atomic E-state index is 0.178. The van der Waals surface area contributed by atoms with E-state index in [1.807, 2.05) is 42.5 Å². The second-order valence-corrected chi connectivity index (χ2v) is 4.32. The van der Waals surface area contributed by atoms with Crippen LogP contribution >= 0.6 is 0 Å². The van der Waals surface area contributed by atoms with Gasteiger partial charge < -0.3 is 0 Å². The van der Waals surface area contributed by atoms with Gasteiger partial charge in [-0.1, -0.05) is 54.6 Å². The lowest BCUT2D eigenvalue weighted by Gasteiger charge is -2.19. The van der Waals surface area contributed by atoms with Gasteiger partial charge >= 0.3 is 0 Å². The molecule has 1 aliphatic heterocycles. The zero-order chi connectivity index (χ0) is 12.4. The minimum Gasteiger partial charge on any atom is -0.270 e. The highest BCUT2D eigenvalue weighted by molar-refractivity contribution is 5.86. The molecule has 2 aliphatic rings. The molecule has 1 unspecified atom stereocenters. The molecule has 0 saturated carbocycles. The second-order valence-electron chi connectivity index (χ2n) is 4.32. The van der Waals surface area contributed by atoms with Crippen molar-refractivity contribution < 1.29 is 4.79 Å². The molecule has 1 atom stereocenters. The summed E-state index contributed by atoms with van der Waals surface area (Å²) in [5.41, 5.74) is 3.03. The van der Waals surface area contributed by atoms with E-state index in [0.717, 1.165) is 11.3 Å². The number of nitrogens with zero attached hydrogens (tertiary/aromatic N) is 2. The summed E-state index contributed by atoms with van der Waals surface area (Å²) in [4.78, 5) is 11.6. The highest BCUT2D eigenvalue weighted by Crippen LogP contribution is 2.30. The summed E-state index contributed by atoms with van der Waals surface area (Å²) < 4.78 is 0. The van der Waals surface area contributed by atoms with E-state index in [0.29, 0.717) is 6.42 Å². The molecule has 3 rings (SSSR count). The lowest BCUT2D eigenvalue weighted by atomic mass is 9.90. The van der Waals surface area contributed by atoms with Crippen LogP contribution in [0.4, 0.5) is 0 Å². The normalized spacial score (nSPS) is 21.3. The van der Waals surface area contributed by atoms with Gasteiger partial charge in [-0.25, -0.2) is 0 Å². The van der Waals surface area contributed by atoms with Gasteiger partial charge in [0, 0.05) is 6.42 Å². The van der Waals surface area contributed by atoms with Crippen LogP contribution in [0.25, 0.3) is 0 Å². The molecule has 0 saturated heterocycles. The van der Waals surface area contributed by atoms with E-state index < -0.39 is 0 Å². The Kier molecular flexibility index (Phi) is 2.73. The van der Waals surface area contributed by atoms with Crippen LogP contribution in [0.2, 0.25) is 0 Å². The Labute approximate surface area is 105 Å².